The quantitative estimate of drug-likeness (QED) is 0.873. The molecule has 5 heteroatoms. The minimum Gasteiger partial charge on any atom is -0.491 e. The Morgan fingerprint density at radius 1 is 1.33 bits per heavy atom. The summed E-state index contributed by atoms with van der Waals surface area (Å²) >= 11 is 6.09. The van der Waals surface area contributed by atoms with E-state index in [9.17, 15) is 0 Å². The molecule has 4 nitrogen and oxygen atoms in total. The SMILES string of the molecule is CCCOc1ccc(Cl)cc1NCc1c(C)nn(C)c1C. The Morgan fingerprint density at radius 2 is 2.10 bits per heavy atom. The van der Waals surface area contributed by atoms with E-state index < -0.39 is 0 Å². The van der Waals surface area contributed by atoms with E-state index in [4.69, 9.17) is 16.3 Å². The molecule has 1 heterocycles. The zero-order chi connectivity index (χ0) is 15.4. The first-order valence-corrected chi connectivity index (χ1v) is 7.56. The number of benzene rings is 1. The first-order valence-electron chi connectivity index (χ1n) is 7.18. The predicted molar refractivity (Wildman–Crippen MR) is 87.2 cm³/mol. The predicted octanol–water partition coefficient (Wildman–Crippen LogP) is 4.09. The first kappa shape index (κ1) is 15.7. The van der Waals surface area contributed by atoms with Gasteiger partial charge in [-0.15, -0.1) is 0 Å². The van der Waals surface area contributed by atoms with Gasteiger partial charge in [-0.05, 0) is 38.5 Å². The summed E-state index contributed by atoms with van der Waals surface area (Å²) in [5, 5.41) is 8.54. The number of hydrogen-bond acceptors (Lipinski definition) is 3. The lowest BCUT2D eigenvalue weighted by Crippen LogP contribution is -2.05. The van der Waals surface area contributed by atoms with Crippen molar-refractivity contribution in [3.8, 4) is 5.75 Å². The maximum Gasteiger partial charge on any atom is 0.142 e. The average Bonchev–Trinajstić information content (AvgIpc) is 2.69. The summed E-state index contributed by atoms with van der Waals surface area (Å²) in [5.41, 5.74) is 4.33. The van der Waals surface area contributed by atoms with Crippen molar-refractivity contribution in [2.75, 3.05) is 11.9 Å². The van der Waals surface area contributed by atoms with Crippen molar-refractivity contribution in [2.24, 2.45) is 7.05 Å². The molecule has 0 fully saturated rings. The first-order chi connectivity index (χ1) is 10.0. The molecular formula is C16H22ClN3O. The lowest BCUT2D eigenvalue weighted by atomic mass is 10.2. The highest BCUT2D eigenvalue weighted by Crippen LogP contribution is 2.29. The number of hydrogen-bond donors (Lipinski definition) is 1. The van der Waals surface area contributed by atoms with Gasteiger partial charge in [-0.1, -0.05) is 18.5 Å². The number of halogens is 1. The molecule has 0 atom stereocenters. The fourth-order valence-electron chi connectivity index (χ4n) is 2.24. The van der Waals surface area contributed by atoms with Crippen LogP contribution in [0.2, 0.25) is 5.02 Å². The molecule has 0 saturated heterocycles. The van der Waals surface area contributed by atoms with Gasteiger partial charge in [0.15, 0.2) is 0 Å². The van der Waals surface area contributed by atoms with Crippen molar-refractivity contribution in [1.82, 2.24) is 9.78 Å². The summed E-state index contributed by atoms with van der Waals surface area (Å²) in [5.74, 6) is 0.834. The molecule has 0 bridgehead atoms. The monoisotopic (exact) mass is 307 g/mol. The third-order valence-electron chi connectivity index (χ3n) is 3.52. The minimum absolute atomic E-state index is 0.695. The lowest BCUT2D eigenvalue weighted by Gasteiger charge is -2.13. The van der Waals surface area contributed by atoms with Crippen LogP contribution in [-0.4, -0.2) is 16.4 Å². The van der Waals surface area contributed by atoms with E-state index in [2.05, 4.69) is 24.3 Å². The number of anilines is 1. The molecule has 0 aliphatic rings. The van der Waals surface area contributed by atoms with Crippen LogP contribution in [0, 0.1) is 13.8 Å². The van der Waals surface area contributed by atoms with Crippen LogP contribution in [0.3, 0.4) is 0 Å². The van der Waals surface area contributed by atoms with E-state index in [1.165, 1.54) is 5.56 Å². The number of aryl methyl sites for hydroxylation is 2. The van der Waals surface area contributed by atoms with Gasteiger partial charge in [-0.25, -0.2) is 0 Å². The number of ether oxygens (including phenoxy) is 1. The fraction of sp³-hybridized carbons (Fsp3) is 0.438. The number of aromatic nitrogens is 2. The van der Waals surface area contributed by atoms with Gasteiger partial charge in [-0.3, -0.25) is 4.68 Å². The summed E-state index contributed by atoms with van der Waals surface area (Å²) in [6, 6.07) is 5.65. The summed E-state index contributed by atoms with van der Waals surface area (Å²) in [4.78, 5) is 0. The number of nitrogens with zero attached hydrogens (tertiary/aromatic N) is 2. The molecule has 21 heavy (non-hydrogen) atoms. The van der Waals surface area contributed by atoms with Gasteiger partial charge < -0.3 is 10.1 Å². The average molecular weight is 308 g/mol. The van der Waals surface area contributed by atoms with Crippen LogP contribution in [0.15, 0.2) is 18.2 Å². The van der Waals surface area contributed by atoms with Gasteiger partial charge in [0.05, 0.1) is 18.0 Å². The zero-order valence-electron chi connectivity index (χ0n) is 13.0. The lowest BCUT2D eigenvalue weighted by molar-refractivity contribution is 0.319. The number of rotatable bonds is 6. The molecule has 1 aromatic heterocycles. The van der Waals surface area contributed by atoms with Crippen molar-refractivity contribution < 1.29 is 4.74 Å². The van der Waals surface area contributed by atoms with Crippen LogP contribution in [-0.2, 0) is 13.6 Å². The maximum atomic E-state index is 6.09. The van der Waals surface area contributed by atoms with Crippen molar-refractivity contribution in [3.63, 3.8) is 0 Å². The summed E-state index contributed by atoms with van der Waals surface area (Å²) < 4.78 is 7.66. The summed E-state index contributed by atoms with van der Waals surface area (Å²) in [6.45, 7) is 7.58. The summed E-state index contributed by atoms with van der Waals surface area (Å²) in [6.07, 6.45) is 0.975. The van der Waals surface area contributed by atoms with Crippen LogP contribution in [0.1, 0.15) is 30.3 Å². The molecule has 1 N–H and O–H groups in total. The molecule has 2 rings (SSSR count). The number of nitrogens with one attached hydrogen (secondary N) is 1. The van der Waals surface area contributed by atoms with Gasteiger partial charge in [0.2, 0.25) is 0 Å². The van der Waals surface area contributed by atoms with Crippen LogP contribution >= 0.6 is 11.6 Å². The van der Waals surface area contributed by atoms with Crippen LogP contribution in [0.25, 0.3) is 0 Å². The zero-order valence-corrected chi connectivity index (χ0v) is 13.8. The van der Waals surface area contributed by atoms with Crippen LogP contribution < -0.4 is 10.1 Å². The van der Waals surface area contributed by atoms with Crippen LogP contribution in [0.5, 0.6) is 5.75 Å². The molecule has 0 spiro atoms. The Labute approximate surface area is 131 Å². The van der Waals surface area contributed by atoms with E-state index in [1.807, 2.05) is 36.9 Å². The van der Waals surface area contributed by atoms with Gasteiger partial charge in [0.1, 0.15) is 5.75 Å². The molecular weight excluding hydrogens is 286 g/mol. The van der Waals surface area contributed by atoms with E-state index in [1.54, 1.807) is 0 Å². The van der Waals surface area contributed by atoms with Gasteiger partial charge in [0, 0.05) is 29.9 Å². The molecule has 0 unspecified atom stereocenters. The Kier molecular flexibility index (Phi) is 5.12. The third-order valence-corrected chi connectivity index (χ3v) is 3.75. The second-order valence-electron chi connectivity index (χ2n) is 5.12. The summed E-state index contributed by atoms with van der Waals surface area (Å²) in [7, 11) is 1.96. The largest absolute Gasteiger partial charge is 0.491 e. The molecule has 0 aliphatic heterocycles. The molecule has 0 aliphatic carbocycles. The van der Waals surface area contributed by atoms with Crippen molar-refractivity contribution in [1.29, 1.82) is 0 Å². The highest BCUT2D eigenvalue weighted by Gasteiger charge is 2.11. The van der Waals surface area contributed by atoms with E-state index in [-0.39, 0.29) is 0 Å². The molecule has 1 aromatic carbocycles. The van der Waals surface area contributed by atoms with E-state index in [0.29, 0.717) is 18.2 Å². The highest BCUT2D eigenvalue weighted by molar-refractivity contribution is 6.30. The highest BCUT2D eigenvalue weighted by atomic mass is 35.5. The Morgan fingerprint density at radius 3 is 2.71 bits per heavy atom. The molecule has 0 saturated carbocycles. The third kappa shape index (κ3) is 3.70. The van der Waals surface area contributed by atoms with Crippen molar-refractivity contribution in [3.05, 3.63) is 40.2 Å². The van der Waals surface area contributed by atoms with Gasteiger partial charge in [0.25, 0.3) is 0 Å². The fourth-order valence-corrected chi connectivity index (χ4v) is 2.41. The van der Waals surface area contributed by atoms with E-state index >= 15 is 0 Å². The van der Waals surface area contributed by atoms with Crippen molar-refractivity contribution in [2.45, 2.75) is 33.7 Å². The topological polar surface area (TPSA) is 39.1 Å². The maximum absolute atomic E-state index is 6.09. The second-order valence-corrected chi connectivity index (χ2v) is 5.55. The smallest absolute Gasteiger partial charge is 0.142 e. The normalized spacial score (nSPS) is 10.7. The second kappa shape index (κ2) is 6.85. The van der Waals surface area contributed by atoms with Gasteiger partial charge >= 0.3 is 0 Å². The molecule has 0 radical (unpaired) electrons. The Bertz CT molecular complexity index is 622. The van der Waals surface area contributed by atoms with Crippen molar-refractivity contribution >= 4 is 17.3 Å². The molecule has 0 amide bonds. The van der Waals surface area contributed by atoms with Crippen LogP contribution in [0.4, 0.5) is 5.69 Å². The van der Waals surface area contributed by atoms with Gasteiger partial charge in [-0.2, -0.15) is 5.10 Å². The Balaban J connectivity index is 2.16. The standard InChI is InChI=1S/C16H22ClN3O/c1-5-8-21-16-7-6-13(17)9-15(16)18-10-14-11(2)19-20(4)12(14)3/h6-7,9,18H,5,8,10H2,1-4H3. The Hall–Kier alpha value is -1.68. The molecule has 114 valence electrons. The van der Waals surface area contributed by atoms with E-state index in [0.717, 1.165) is 29.2 Å². The molecule has 2 aromatic rings. The minimum atomic E-state index is 0.695.